The number of aryl methyl sites for hydroxylation is 1. The summed E-state index contributed by atoms with van der Waals surface area (Å²) in [5.74, 6) is 0.133. The van der Waals surface area contributed by atoms with Crippen LogP contribution in [0.3, 0.4) is 0 Å². The highest BCUT2D eigenvalue weighted by Gasteiger charge is 2.20. The molecule has 3 aromatic carbocycles. The van der Waals surface area contributed by atoms with Crippen molar-refractivity contribution in [2.45, 2.75) is 12.1 Å². The number of para-hydroxylation sites is 2. The summed E-state index contributed by atoms with van der Waals surface area (Å²) < 4.78 is 4.41. The molecular formula is C26H19N3O2S3. The maximum atomic E-state index is 13.7. The topological polar surface area (TPSA) is 56.9 Å². The third-order valence-corrected chi connectivity index (χ3v) is 7.60. The fourth-order valence-electron chi connectivity index (χ4n) is 3.59. The van der Waals surface area contributed by atoms with Gasteiger partial charge < -0.3 is 0 Å². The Morgan fingerprint density at radius 1 is 0.912 bits per heavy atom. The largest absolute Gasteiger partial charge is 0.293 e. The highest BCUT2D eigenvalue weighted by molar-refractivity contribution is 7.99. The maximum Gasteiger partial charge on any atom is 0.278 e. The minimum atomic E-state index is -0.202. The molecule has 0 radical (unpaired) electrons. The average molecular weight is 502 g/mol. The van der Waals surface area contributed by atoms with Crippen molar-refractivity contribution in [3.05, 3.63) is 110 Å². The fraction of sp³-hybridized carbons (Fsp3) is 0.0769. The number of Topliss-reactive ketones (excluding diaryl/α,β-unsaturated/α-hetero) is 1. The number of thiazole rings is 1. The molecule has 5 rings (SSSR count). The van der Waals surface area contributed by atoms with Crippen LogP contribution in [0.1, 0.15) is 15.9 Å². The summed E-state index contributed by atoms with van der Waals surface area (Å²) in [4.78, 5) is 31.4. The maximum absolute atomic E-state index is 13.7. The fourth-order valence-corrected chi connectivity index (χ4v) is 5.80. The molecular weight excluding hydrogens is 483 g/mol. The minimum Gasteiger partial charge on any atom is -0.293 e. The lowest BCUT2D eigenvalue weighted by molar-refractivity contribution is 0.102. The Morgan fingerprint density at radius 3 is 2.12 bits per heavy atom. The predicted molar refractivity (Wildman–Crippen MR) is 142 cm³/mol. The number of carbonyl (C=O) groups is 1. The van der Waals surface area contributed by atoms with Crippen molar-refractivity contribution >= 4 is 51.4 Å². The van der Waals surface area contributed by atoms with Crippen molar-refractivity contribution in [3.8, 4) is 11.4 Å². The van der Waals surface area contributed by atoms with Crippen LogP contribution in [0.15, 0.2) is 94.9 Å². The first-order valence-corrected chi connectivity index (χ1v) is 12.8. The molecule has 2 aromatic heterocycles. The Bertz CT molecular complexity index is 1600. The van der Waals surface area contributed by atoms with Gasteiger partial charge in [-0.25, -0.2) is 4.98 Å². The lowest BCUT2D eigenvalue weighted by Gasteiger charge is -2.13. The number of benzene rings is 3. The van der Waals surface area contributed by atoms with E-state index in [2.05, 4.69) is 0 Å². The van der Waals surface area contributed by atoms with Crippen LogP contribution in [-0.4, -0.2) is 25.7 Å². The molecule has 0 N–H and O–H groups in total. The lowest BCUT2D eigenvalue weighted by atomic mass is 10.1. The number of nitrogens with zero attached hydrogens (tertiary/aromatic N) is 3. The zero-order valence-corrected chi connectivity index (χ0v) is 20.6. The van der Waals surface area contributed by atoms with Crippen LogP contribution in [0.2, 0.25) is 0 Å². The van der Waals surface area contributed by atoms with Crippen LogP contribution in [0.5, 0.6) is 0 Å². The van der Waals surface area contributed by atoms with Crippen molar-refractivity contribution in [1.82, 2.24) is 14.1 Å². The zero-order chi connectivity index (χ0) is 23.7. The number of carbonyl (C=O) groups excluding carboxylic acids is 1. The number of aromatic nitrogens is 3. The molecule has 8 heteroatoms. The first kappa shape index (κ1) is 22.5. The number of thioether (sulfide) groups is 1. The van der Waals surface area contributed by atoms with E-state index in [-0.39, 0.29) is 17.1 Å². The van der Waals surface area contributed by atoms with Gasteiger partial charge in [0.2, 0.25) is 0 Å². The number of hydrogen-bond acceptors (Lipinski definition) is 6. The Hall–Kier alpha value is -3.33. The van der Waals surface area contributed by atoms with Crippen LogP contribution in [0.25, 0.3) is 21.7 Å². The molecule has 0 amide bonds. The normalized spacial score (nSPS) is 11.1. The van der Waals surface area contributed by atoms with E-state index in [4.69, 9.17) is 17.2 Å². The average Bonchev–Trinajstić information content (AvgIpc) is 3.20. The van der Waals surface area contributed by atoms with E-state index in [1.165, 1.54) is 23.1 Å². The summed E-state index contributed by atoms with van der Waals surface area (Å²) in [6, 6.07) is 26.5. The van der Waals surface area contributed by atoms with Crippen LogP contribution < -0.4 is 5.56 Å². The van der Waals surface area contributed by atoms with Gasteiger partial charge in [-0.2, -0.15) is 0 Å². The quantitative estimate of drug-likeness (QED) is 0.119. The Kier molecular flexibility index (Phi) is 6.28. The van der Waals surface area contributed by atoms with Gasteiger partial charge in [0.1, 0.15) is 4.70 Å². The molecule has 5 aromatic rings. The van der Waals surface area contributed by atoms with Crippen molar-refractivity contribution in [2.24, 2.45) is 0 Å². The molecule has 0 saturated heterocycles. The highest BCUT2D eigenvalue weighted by atomic mass is 32.2. The number of rotatable bonds is 6. The molecule has 0 aliphatic carbocycles. The standard InChI is InChI=1S/C26H19N3O2S3/c1-17-12-14-18(15-13-17)21(30)16-33-25-27-23-22(24(31)29(25)20-10-6-3-7-11-20)34-26(32)28(23)19-8-4-2-5-9-19/h2-15H,16H2,1H3. The van der Waals surface area contributed by atoms with E-state index in [0.29, 0.717) is 30.7 Å². The van der Waals surface area contributed by atoms with Gasteiger partial charge in [0, 0.05) is 11.3 Å². The summed E-state index contributed by atoms with van der Waals surface area (Å²) in [7, 11) is 0. The van der Waals surface area contributed by atoms with Crippen LogP contribution >= 0.6 is 35.3 Å². The second-order valence-electron chi connectivity index (χ2n) is 7.64. The van der Waals surface area contributed by atoms with E-state index in [1.807, 2.05) is 96.4 Å². The summed E-state index contributed by atoms with van der Waals surface area (Å²) >= 11 is 8.11. The summed E-state index contributed by atoms with van der Waals surface area (Å²) in [5, 5.41) is 0.446. The van der Waals surface area contributed by atoms with E-state index < -0.39 is 0 Å². The van der Waals surface area contributed by atoms with Gasteiger partial charge >= 0.3 is 0 Å². The molecule has 0 bridgehead atoms. The molecule has 2 heterocycles. The summed E-state index contributed by atoms with van der Waals surface area (Å²) in [6.45, 7) is 1.98. The van der Waals surface area contributed by atoms with Crippen molar-refractivity contribution < 1.29 is 4.79 Å². The predicted octanol–water partition coefficient (Wildman–Crippen LogP) is 6.25. The molecule has 34 heavy (non-hydrogen) atoms. The van der Waals surface area contributed by atoms with Crippen molar-refractivity contribution in [1.29, 1.82) is 0 Å². The van der Waals surface area contributed by atoms with Crippen LogP contribution in [0.4, 0.5) is 0 Å². The molecule has 0 saturated carbocycles. The molecule has 5 nitrogen and oxygen atoms in total. The Labute approximate surface area is 209 Å². The number of ketones is 1. The second-order valence-corrected chi connectivity index (χ2v) is 10.2. The monoisotopic (exact) mass is 501 g/mol. The van der Waals surface area contributed by atoms with Crippen molar-refractivity contribution in [3.63, 3.8) is 0 Å². The van der Waals surface area contributed by atoms with Gasteiger partial charge in [0.15, 0.2) is 20.5 Å². The van der Waals surface area contributed by atoms with Gasteiger partial charge in [-0.15, -0.1) is 0 Å². The molecule has 0 aliphatic heterocycles. The minimum absolute atomic E-state index is 0.0239. The molecule has 0 atom stereocenters. The first-order valence-electron chi connectivity index (χ1n) is 10.5. The molecule has 168 valence electrons. The van der Waals surface area contributed by atoms with Gasteiger partial charge in [0.05, 0.1) is 11.4 Å². The van der Waals surface area contributed by atoms with Gasteiger partial charge in [0.25, 0.3) is 5.56 Å². The third-order valence-electron chi connectivity index (χ3n) is 5.31. The van der Waals surface area contributed by atoms with Crippen LogP contribution in [0, 0.1) is 10.9 Å². The van der Waals surface area contributed by atoms with Crippen LogP contribution in [-0.2, 0) is 0 Å². The molecule has 0 fully saturated rings. The number of fused-ring (bicyclic) bond motifs is 1. The highest BCUT2D eigenvalue weighted by Crippen LogP contribution is 2.27. The SMILES string of the molecule is Cc1ccc(C(=O)CSc2nc3c(sc(=S)n3-c3ccccc3)c(=O)n2-c2ccccc2)cc1. The Balaban J connectivity index is 1.65. The van der Waals surface area contributed by atoms with E-state index in [0.717, 1.165) is 11.3 Å². The third kappa shape index (κ3) is 4.27. The van der Waals surface area contributed by atoms with Crippen molar-refractivity contribution in [2.75, 3.05) is 5.75 Å². The van der Waals surface area contributed by atoms with Gasteiger partial charge in [-0.05, 0) is 43.4 Å². The van der Waals surface area contributed by atoms with E-state index in [9.17, 15) is 9.59 Å². The van der Waals surface area contributed by atoms with Gasteiger partial charge in [-0.3, -0.25) is 18.7 Å². The van der Waals surface area contributed by atoms with Gasteiger partial charge in [-0.1, -0.05) is 89.3 Å². The molecule has 0 spiro atoms. The zero-order valence-electron chi connectivity index (χ0n) is 18.2. The molecule has 0 unspecified atom stereocenters. The van der Waals surface area contributed by atoms with E-state index >= 15 is 0 Å². The first-order chi connectivity index (χ1) is 16.5. The number of hydrogen-bond donors (Lipinski definition) is 0. The smallest absolute Gasteiger partial charge is 0.278 e. The van der Waals surface area contributed by atoms with E-state index in [1.54, 1.807) is 4.57 Å². The second kappa shape index (κ2) is 9.50. The Morgan fingerprint density at radius 2 is 1.50 bits per heavy atom. The molecule has 0 aliphatic rings. The lowest BCUT2D eigenvalue weighted by Crippen LogP contribution is -2.22. The summed E-state index contributed by atoms with van der Waals surface area (Å²) in [6.07, 6.45) is 0. The summed E-state index contributed by atoms with van der Waals surface area (Å²) in [5.41, 5.74) is 3.57.